The lowest BCUT2D eigenvalue weighted by Gasteiger charge is -2.31. The predicted molar refractivity (Wildman–Crippen MR) is 177 cm³/mol. The van der Waals surface area contributed by atoms with Gasteiger partial charge in [-0.1, -0.05) is 30.1 Å². The summed E-state index contributed by atoms with van der Waals surface area (Å²) in [5.41, 5.74) is 5.69. The molecule has 17 heteroatoms. The van der Waals surface area contributed by atoms with Gasteiger partial charge < -0.3 is 30.2 Å². The fraction of sp³-hybridized carbons (Fsp3) is 0.387. The molecule has 4 N–H and O–H groups in total. The Kier molecular flexibility index (Phi) is 9.94. The molecular formula is C31H33Cl2F3N8O4. The van der Waals surface area contributed by atoms with E-state index in [2.05, 4.69) is 15.3 Å². The van der Waals surface area contributed by atoms with Gasteiger partial charge in [0.2, 0.25) is 5.91 Å². The monoisotopic (exact) mass is 708 g/mol. The number of carbonyl (C=O) groups is 2. The van der Waals surface area contributed by atoms with Gasteiger partial charge in [0.05, 0.1) is 45.8 Å². The van der Waals surface area contributed by atoms with Crippen LogP contribution in [0.1, 0.15) is 30.6 Å². The van der Waals surface area contributed by atoms with Crippen molar-refractivity contribution in [3.8, 4) is 16.9 Å². The summed E-state index contributed by atoms with van der Waals surface area (Å²) < 4.78 is 42.4. The van der Waals surface area contributed by atoms with Gasteiger partial charge in [-0.3, -0.25) is 19.3 Å². The molecule has 4 heterocycles. The van der Waals surface area contributed by atoms with Crippen LogP contribution in [0.3, 0.4) is 0 Å². The minimum atomic E-state index is -4.31. The third-order valence-electron chi connectivity index (χ3n) is 8.26. The molecule has 1 saturated heterocycles. The van der Waals surface area contributed by atoms with Crippen LogP contribution in [-0.4, -0.2) is 79.3 Å². The number of aryl methyl sites for hydroxylation is 1. The highest BCUT2D eigenvalue weighted by molar-refractivity contribution is 6.34. The highest BCUT2D eigenvalue weighted by Gasteiger charge is 2.39. The molecule has 1 fully saturated rings. The lowest BCUT2D eigenvalue weighted by molar-refractivity contribution is -0.147. The number of pyridine rings is 1. The van der Waals surface area contributed by atoms with Crippen molar-refractivity contribution in [1.29, 1.82) is 0 Å². The summed E-state index contributed by atoms with van der Waals surface area (Å²) in [5.74, 6) is -1.44. The topological polar surface area (TPSA) is 152 Å². The summed E-state index contributed by atoms with van der Waals surface area (Å²) >= 11 is 12.6. The summed E-state index contributed by atoms with van der Waals surface area (Å²) in [4.78, 5) is 50.6. The van der Waals surface area contributed by atoms with Crippen LogP contribution in [0, 0.1) is 5.92 Å². The number of aromatic hydroxyl groups is 1. The molecule has 0 unspecified atom stereocenters. The van der Waals surface area contributed by atoms with Crippen molar-refractivity contribution >= 4 is 57.6 Å². The third kappa shape index (κ3) is 7.37. The van der Waals surface area contributed by atoms with Crippen molar-refractivity contribution in [2.75, 3.05) is 36.4 Å². The Bertz CT molecular complexity index is 1950. The maximum absolute atomic E-state index is 13.4. The zero-order valence-electron chi connectivity index (χ0n) is 26.2. The molecule has 1 aliphatic heterocycles. The van der Waals surface area contributed by atoms with E-state index in [1.165, 1.54) is 51.9 Å². The quantitative estimate of drug-likeness (QED) is 0.216. The summed E-state index contributed by atoms with van der Waals surface area (Å²) in [6.07, 6.45) is 0.452. The number of halogens is 5. The molecule has 2 atom stereocenters. The number of likely N-dealkylation sites (N-methyl/N-ethyl adjacent to an activating group) is 1. The van der Waals surface area contributed by atoms with E-state index in [1.807, 2.05) is 18.7 Å². The number of nitrogens with zero attached hydrogens (tertiary/aromatic N) is 6. The molecule has 256 valence electrons. The van der Waals surface area contributed by atoms with Gasteiger partial charge in [-0.15, -0.1) is 0 Å². The second-order valence-electron chi connectivity index (χ2n) is 11.9. The average molecular weight is 710 g/mol. The number of anilines is 2. The summed E-state index contributed by atoms with van der Waals surface area (Å²) in [5, 5.41) is 13.1. The van der Waals surface area contributed by atoms with E-state index < -0.39 is 35.8 Å². The molecule has 0 saturated carbocycles. The molecule has 0 radical (unpaired) electrons. The number of primary amides is 1. The molecule has 0 spiro atoms. The zero-order valence-corrected chi connectivity index (χ0v) is 27.7. The second kappa shape index (κ2) is 13.6. The van der Waals surface area contributed by atoms with Crippen LogP contribution in [0.5, 0.6) is 5.75 Å². The maximum atomic E-state index is 13.4. The van der Waals surface area contributed by atoms with Crippen LogP contribution in [0.15, 0.2) is 41.7 Å². The van der Waals surface area contributed by atoms with Gasteiger partial charge in [0.15, 0.2) is 0 Å². The maximum Gasteiger partial charge on any atom is 0.401 e. The Hall–Kier alpha value is -4.34. The highest BCUT2D eigenvalue weighted by Crippen LogP contribution is 2.36. The molecule has 1 aliphatic rings. The molecule has 4 aromatic rings. The van der Waals surface area contributed by atoms with Crippen LogP contribution >= 0.6 is 23.2 Å². The number of rotatable bonds is 10. The Morgan fingerprint density at radius 1 is 1.19 bits per heavy atom. The SMILES string of the molecule is CCN(C[C@H]1C[C@H](C)CN1CC(F)(F)F)c1cc(NC(=O)Cn2cc(-c3cc(Cl)c(O)c(C(N)=O)c3)c3c(=O)n(C)cnc32)c(Cl)cn1. The molecule has 12 nitrogen and oxygen atoms in total. The molecule has 1 aromatic carbocycles. The summed E-state index contributed by atoms with van der Waals surface area (Å²) in [6.45, 7) is 3.58. The van der Waals surface area contributed by atoms with Crippen LogP contribution in [0.2, 0.25) is 10.0 Å². The number of nitrogens with one attached hydrogen (secondary N) is 1. The Morgan fingerprint density at radius 2 is 1.92 bits per heavy atom. The molecule has 0 aliphatic carbocycles. The van der Waals surface area contributed by atoms with E-state index in [-0.39, 0.29) is 56.4 Å². The van der Waals surface area contributed by atoms with Crippen LogP contribution in [-0.2, 0) is 18.4 Å². The first-order valence-electron chi connectivity index (χ1n) is 14.9. The van der Waals surface area contributed by atoms with E-state index in [0.29, 0.717) is 37.4 Å². The fourth-order valence-corrected chi connectivity index (χ4v) is 6.45. The minimum absolute atomic E-state index is 0.111. The van der Waals surface area contributed by atoms with E-state index in [4.69, 9.17) is 28.9 Å². The van der Waals surface area contributed by atoms with Crippen molar-refractivity contribution < 1.29 is 27.9 Å². The van der Waals surface area contributed by atoms with Gasteiger partial charge in [-0.2, -0.15) is 13.2 Å². The number of amides is 2. The van der Waals surface area contributed by atoms with E-state index in [9.17, 15) is 32.7 Å². The number of alkyl halides is 3. The summed E-state index contributed by atoms with van der Waals surface area (Å²) in [6, 6.07) is 3.88. The van der Waals surface area contributed by atoms with Crippen molar-refractivity contribution in [3.05, 3.63) is 62.9 Å². The van der Waals surface area contributed by atoms with Crippen LogP contribution in [0.25, 0.3) is 22.2 Å². The largest absolute Gasteiger partial charge is 0.506 e. The van der Waals surface area contributed by atoms with Crippen molar-refractivity contribution in [2.24, 2.45) is 18.7 Å². The lowest BCUT2D eigenvalue weighted by atomic mass is 10.0. The number of hydrogen-bond donors (Lipinski definition) is 3. The number of hydrogen-bond acceptors (Lipinski definition) is 8. The second-order valence-corrected chi connectivity index (χ2v) is 12.7. The number of benzene rings is 1. The fourth-order valence-electron chi connectivity index (χ4n) is 6.08. The molecule has 3 aromatic heterocycles. The molecular weight excluding hydrogens is 676 g/mol. The summed E-state index contributed by atoms with van der Waals surface area (Å²) in [7, 11) is 1.50. The van der Waals surface area contributed by atoms with E-state index >= 15 is 0 Å². The van der Waals surface area contributed by atoms with Gasteiger partial charge in [-0.25, -0.2) is 9.97 Å². The smallest absolute Gasteiger partial charge is 0.401 e. The molecule has 2 amide bonds. The number of aromatic nitrogens is 4. The van der Waals surface area contributed by atoms with Crippen molar-refractivity contribution in [2.45, 2.75) is 39.0 Å². The highest BCUT2D eigenvalue weighted by atomic mass is 35.5. The van der Waals surface area contributed by atoms with E-state index in [1.54, 1.807) is 6.07 Å². The van der Waals surface area contributed by atoms with Crippen LogP contribution in [0.4, 0.5) is 24.7 Å². The number of fused-ring (bicyclic) bond motifs is 1. The Balaban J connectivity index is 1.41. The number of nitrogens with two attached hydrogens (primary N) is 1. The molecule has 5 rings (SSSR count). The minimum Gasteiger partial charge on any atom is -0.506 e. The van der Waals surface area contributed by atoms with E-state index in [0.717, 1.165) is 0 Å². The Morgan fingerprint density at radius 3 is 2.58 bits per heavy atom. The van der Waals surface area contributed by atoms with Crippen molar-refractivity contribution in [3.63, 3.8) is 0 Å². The number of likely N-dealkylation sites (tertiary alicyclic amines) is 1. The number of carbonyl (C=O) groups excluding carboxylic acids is 2. The van der Waals surface area contributed by atoms with Crippen molar-refractivity contribution in [1.82, 2.24) is 24.0 Å². The van der Waals surface area contributed by atoms with Gasteiger partial charge in [0.1, 0.15) is 23.8 Å². The normalized spacial score (nSPS) is 16.8. The average Bonchev–Trinajstić information content (AvgIpc) is 3.54. The molecule has 0 bridgehead atoms. The van der Waals surface area contributed by atoms with Gasteiger partial charge in [-0.05, 0) is 37.0 Å². The number of phenols is 1. The first-order valence-corrected chi connectivity index (χ1v) is 15.7. The van der Waals surface area contributed by atoms with Gasteiger partial charge in [0, 0.05) is 50.6 Å². The molecule has 48 heavy (non-hydrogen) atoms. The van der Waals surface area contributed by atoms with Crippen LogP contribution < -0.4 is 21.5 Å². The van der Waals surface area contributed by atoms with Gasteiger partial charge >= 0.3 is 6.18 Å². The predicted octanol–water partition coefficient (Wildman–Crippen LogP) is 4.65. The lowest BCUT2D eigenvalue weighted by Crippen LogP contribution is -2.44. The standard InChI is InChI=1S/C31H33Cl2F3N8O4/c1-4-42(11-18-5-16(2)10-44(18)14-31(34,35)36)24-8-23(22(33)9-38-24)40-25(45)13-43-12-20(26-29(43)39-15-41(3)30(26)48)17-6-19(28(37)47)27(46)21(32)7-17/h6-9,12,15-16,18,46H,4-5,10-11,13-14H2,1-3H3,(H2,37,47)(H,38,40,45)/t16-,18+/m0/s1. The first-order chi connectivity index (χ1) is 22.6. The first kappa shape index (κ1) is 35.0. The zero-order chi connectivity index (χ0) is 35.1. The van der Waals surface area contributed by atoms with Gasteiger partial charge in [0.25, 0.3) is 11.5 Å². The third-order valence-corrected chi connectivity index (χ3v) is 8.85. The Labute approximate surface area is 282 Å².